The Kier molecular flexibility index (Phi) is 5.17. The molecule has 22 heavy (non-hydrogen) atoms. The van der Waals surface area contributed by atoms with Crippen molar-refractivity contribution in [2.75, 3.05) is 18.4 Å². The highest BCUT2D eigenvalue weighted by Crippen LogP contribution is 2.39. The molecule has 2 heterocycles. The van der Waals surface area contributed by atoms with E-state index >= 15 is 0 Å². The van der Waals surface area contributed by atoms with Crippen LogP contribution in [0.2, 0.25) is 0 Å². The number of nitrogens with zero attached hydrogens (tertiary/aromatic N) is 2. The molecule has 1 aliphatic carbocycles. The van der Waals surface area contributed by atoms with E-state index in [1.165, 1.54) is 18.4 Å². The fraction of sp³-hybridized carbons (Fsp3) is 0.615. The fourth-order valence-electron chi connectivity index (χ4n) is 2.00. The van der Waals surface area contributed by atoms with Crippen molar-refractivity contribution in [1.29, 1.82) is 0 Å². The average Bonchev–Trinajstić information content (AvgIpc) is 3.18. The maximum atomic E-state index is 10.6. The van der Waals surface area contributed by atoms with E-state index < -0.39 is 12.1 Å². The highest BCUT2D eigenvalue weighted by Gasteiger charge is 2.38. The van der Waals surface area contributed by atoms with E-state index in [0.29, 0.717) is 6.04 Å². The zero-order chi connectivity index (χ0) is 16.2. The maximum absolute atomic E-state index is 10.6. The monoisotopic (exact) mass is 318 g/mol. The van der Waals surface area contributed by atoms with E-state index in [-0.39, 0.29) is 0 Å². The minimum atomic E-state index is -5.08. The van der Waals surface area contributed by atoms with Crippen LogP contribution in [0.15, 0.2) is 12.4 Å². The van der Waals surface area contributed by atoms with Gasteiger partial charge in [-0.3, -0.25) is 0 Å². The molecular weight excluding hydrogens is 301 g/mol. The standard InChI is InChI=1S/C11H16N4.C2HF3O2/c1-2-8(1)9-5-13-11(14-6-9)15-10-3-4-12-7-10;3-2(4,5)1(6)7/h5-6,8,10,12H,1-4,7H2,(H,13,14,15);(H,6,7)/t10-;/m1./s1. The molecule has 0 amide bonds. The van der Waals surface area contributed by atoms with Crippen LogP contribution in [0, 0.1) is 0 Å². The quantitative estimate of drug-likeness (QED) is 0.787. The summed E-state index contributed by atoms with van der Waals surface area (Å²) < 4.78 is 31.7. The first-order valence-electron chi connectivity index (χ1n) is 6.95. The number of nitrogens with one attached hydrogen (secondary N) is 2. The first-order chi connectivity index (χ1) is 10.4. The van der Waals surface area contributed by atoms with Gasteiger partial charge in [-0.15, -0.1) is 0 Å². The van der Waals surface area contributed by atoms with Gasteiger partial charge < -0.3 is 15.7 Å². The summed E-state index contributed by atoms with van der Waals surface area (Å²) in [6.07, 6.45) is 2.63. The third kappa shape index (κ3) is 5.14. The SMILES string of the molecule is O=C(O)C(F)(F)F.c1nc(N[C@@H]2CCNC2)ncc1C1CC1. The first kappa shape index (κ1) is 16.5. The van der Waals surface area contributed by atoms with Crippen molar-refractivity contribution >= 4 is 11.9 Å². The Morgan fingerprint density at radius 3 is 2.27 bits per heavy atom. The molecule has 1 aromatic rings. The molecule has 0 bridgehead atoms. The lowest BCUT2D eigenvalue weighted by atomic mass is 10.2. The van der Waals surface area contributed by atoms with Crippen molar-refractivity contribution in [1.82, 2.24) is 15.3 Å². The van der Waals surface area contributed by atoms with Crippen LogP contribution in [-0.2, 0) is 4.79 Å². The average molecular weight is 318 g/mol. The Morgan fingerprint density at radius 2 is 1.86 bits per heavy atom. The predicted molar refractivity (Wildman–Crippen MR) is 72.6 cm³/mol. The molecule has 0 radical (unpaired) electrons. The summed E-state index contributed by atoms with van der Waals surface area (Å²) in [5.41, 5.74) is 1.30. The van der Waals surface area contributed by atoms with E-state index in [1.54, 1.807) is 0 Å². The van der Waals surface area contributed by atoms with Crippen LogP contribution >= 0.6 is 0 Å². The van der Waals surface area contributed by atoms with Gasteiger partial charge >= 0.3 is 12.1 Å². The van der Waals surface area contributed by atoms with E-state index in [4.69, 9.17) is 9.90 Å². The number of carboxylic acids is 1. The third-order valence-corrected chi connectivity index (χ3v) is 3.36. The van der Waals surface area contributed by atoms with Crippen molar-refractivity contribution in [3.63, 3.8) is 0 Å². The van der Waals surface area contributed by atoms with Crippen LogP contribution in [0.3, 0.4) is 0 Å². The number of aliphatic carboxylic acids is 1. The Hall–Kier alpha value is -1.90. The summed E-state index contributed by atoms with van der Waals surface area (Å²) in [4.78, 5) is 17.6. The number of carboxylic acid groups (broad SMARTS) is 1. The largest absolute Gasteiger partial charge is 0.490 e. The van der Waals surface area contributed by atoms with E-state index in [0.717, 1.165) is 31.4 Å². The lowest BCUT2D eigenvalue weighted by Crippen LogP contribution is -2.23. The van der Waals surface area contributed by atoms with E-state index in [2.05, 4.69) is 20.6 Å². The summed E-state index contributed by atoms with van der Waals surface area (Å²) >= 11 is 0. The molecule has 1 atom stereocenters. The van der Waals surface area contributed by atoms with Crippen LogP contribution < -0.4 is 10.6 Å². The molecular formula is C13H17F3N4O2. The van der Waals surface area contributed by atoms with Gasteiger partial charge in [-0.25, -0.2) is 14.8 Å². The smallest absolute Gasteiger partial charge is 0.475 e. The molecule has 2 fully saturated rings. The topological polar surface area (TPSA) is 87.1 Å². The Morgan fingerprint density at radius 1 is 1.27 bits per heavy atom. The van der Waals surface area contributed by atoms with Crippen LogP contribution in [0.4, 0.5) is 19.1 Å². The van der Waals surface area contributed by atoms with Crippen LogP contribution in [0.25, 0.3) is 0 Å². The fourth-order valence-corrected chi connectivity index (χ4v) is 2.00. The maximum Gasteiger partial charge on any atom is 0.490 e. The van der Waals surface area contributed by atoms with Gasteiger partial charge in [-0.1, -0.05) is 0 Å². The zero-order valence-corrected chi connectivity index (χ0v) is 11.7. The number of anilines is 1. The molecule has 1 aromatic heterocycles. The minimum absolute atomic E-state index is 0.497. The Bertz CT molecular complexity index is 497. The van der Waals surface area contributed by atoms with Gasteiger partial charge in [0.25, 0.3) is 0 Å². The highest BCUT2D eigenvalue weighted by molar-refractivity contribution is 5.73. The van der Waals surface area contributed by atoms with Crippen LogP contribution in [0.5, 0.6) is 0 Å². The van der Waals surface area contributed by atoms with Crippen molar-refractivity contribution < 1.29 is 23.1 Å². The molecule has 0 spiro atoms. The van der Waals surface area contributed by atoms with E-state index in [9.17, 15) is 13.2 Å². The first-order valence-corrected chi connectivity index (χ1v) is 6.95. The summed E-state index contributed by atoms with van der Waals surface area (Å²) in [7, 11) is 0. The number of aromatic nitrogens is 2. The minimum Gasteiger partial charge on any atom is -0.475 e. The van der Waals surface area contributed by atoms with Crippen molar-refractivity contribution in [3.05, 3.63) is 18.0 Å². The third-order valence-electron chi connectivity index (χ3n) is 3.36. The Balaban J connectivity index is 0.000000217. The second-order valence-electron chi connectivity index (χ2n) is 5.25. The van der Waals surface area contributed by atoms with Gasteiger partial charge in [-0.05, 0) is 37.3 Å². The molecule has 1 aliphatic heterocycles. The zero-order valence-electron chi connectivity index (χ0n) is 11.7. The lowest BCUT2D eigenvalue weighted by Gasteiger charge is -2.10. The van der Waals surface area contributed by atoms with Gasteiger partial charge in [0.05, 0.1) is 0 Å². The second-order valence-corrected chi connectivity index (χ2v) is 5.25. The Labute approximate surface area is 125 Å². The second kappa shape index (κ2) is 6.91. The molecule has 3 rings (SSSR count). The normalized spacial score (nSPS) is 21.0. The van der Waals surface area contributed by atoms with Crippen LogP contribution in [0.1, 0.15) is 30.7 Å². The summed E-state index contributed by atoms with van der Waals surface area (Å²) in [6.45, 7) is 2.12. The number of carbonyl (C=O) groups is 1. The number of hydrogen-bond donors (Lipinski definition) is 3. The van der Waals surface area contributed by atoms with Gasteiger partial charge in [0.15, 0.2) is 0 Å². The summed E-state index contributed by atoms with van der Waals surface area (Å²) in [6, 6.07) is 0.497. The predicted octanol–water partition coefficient (Wildman–Crippen LogP) is 1.76. The molecule has 122 valence electrons. The van der Waals surface area contributed by atoms with Gasteiger partial charge in [0.1, 0.15) is 0 Å². The molecule has 1 saturated heterocycles. The van der Waals surface area contributed by atoms with E-state index in [1.807, 2.05) is 12.4 Å². The highest BCUT2D eigenvalue weighted by atomic mass is 19.4. The number of halogens is 3. The van der Waals surface area contributed by atoms with Gasteiger partial charge in [0.2, 0.25) is 5.95 Å². The van der Waals surface area contributed by atoms with Crippen molar-refractivity contribution in [3.8, 4) is 0 Å². The van der Waals surface area contributed by atoms with Crippen molar-refractivity contribution in [2.45, 2.75) is 37.4 Å². The molecule has 2 aliphatic rings. The van der Waals surface area contributed by atoms with Gasteiger partial charge in [0, 0.05) is 25.0 Å². The summed E-state index contributed by atoms with van der Waals surface area (Å²) in [5, 5.41) is 13.8. The molecule has 0 aromatic carbocycles. The number of alkyl halides is 3. The molecule has 1 saturated carbocycles. The molecule has 6 nitrogen and oxygen atoms in total. The number of hydrogen-bond acceptors (Lipinski definition) is 5. The lowest BCUT2D eigenvalue weighted by molar-refractivity contribution is -0.192. The summed E-state index contributed by atoms with van der Waals surface area (Å²) in [5.74, 6) is -1.24. The van der Waals surface area contributed by atoms with Crippen LogP contribution in [-0.4, -0.2) is 46.4 Å². The number of rotatable bonds is 3. The molecule has 3 N–H and O–H groups in total. The van der Waals surface area contributed by atoms with Crippen molar-refractivity contribution in [2.24, 2.45) is 0 Å². The van der Waals surface area contributed by atoms with Gasteiger partial charge in [-0.2, -0.15) is 13.2 Å². The molecule has 9 heteroatoms. The molecule has 0 unspecified atom stereocenters.